The van der Waals surface area contributed by atoms with Gasteiger partial charge in [0.1, 0.15) is 5.82 Å². The standard InChI is InChI=1S/C20H30FN3.C9H12O2.C6H11N.3C2H6.CH4.H2O.H2/c1-5-15-7-6-14(8-16(15)21)9-24(4)20-10-19(11-20,12-20)17-22-13-18(2,3)23-17;1-10-11-8-7-9-5-3-2-4-6-9;1-2-6(3-1)4-7-5-6;3*1-2;;;/h6-8,17,22-23H,5,9-13H2,1-4H3;2-6H,7-8H2,1H3;7H,1-5H2;3*1-2H3;1H4;1H2;1H. The van der Waals surface area contributed by atoms with Gasteiger partial charge in [-0.15, -0.1) is 0 Å². The van der Waals surface area contributed by atoms with Gasteiger partial charge in [0.15, 0.2) is 0 Å². The summed E-state index contributed by atoms with van der Waals surface area (Å²) in [6, 6.07) is 15.9. The van der Waals surface area contributed by atoms with Crippen molar-refractivity contribution >= 4 is 0 Å². The second-order valence-corrected chi connectivity index (χ2v) is 14.3. The molecule has 1 spiro atoms. The predicted octanol–water partition coefficient (Wildman–Crippen LogP) is 8.74. The highest BCUT2D eigenvalue weighted by atomic mass is 19.1. The van der Waals surface area contributed by atoms with Crippen LogP contribution in [0.1, 0.15) is 126 Å². The first-order valence-electron chi connectivity index (χ1n) is 19.0. The van der Waals surface area contributed by atoms with Crippen LogP contribution >= 0.6 is 0 Å². The fraction of sp³-hybridized carbons (Fsp3) is 0.714. The normalized spacial score (nSPS) is 24.9. The zero-order valence-electron chi connectivity index (χ0n) is 33.0. The minimum absolute atomic E-state index is 0. The molecule has 50 heavy (non-hydrogen) atoms. The summed E-state index contributed by atoms with van der Waals surface area (Å²) < 4.78 is 14.0. The van der Waals surface area contributed by atoms with Crippen LogP contribution in [-0.4, -0.2) is 68.0 Å². The van der Waals surface area contributed by atoms with Crippen LogP contribution in [0.3, 0.4) is 0 Å². The Hall–Kier alpha value is -1.91. The Bertz CT molecular complexity index is 1140. The fourth-order valence-corrected chi connectivity index (χ4v) is 7.56. The predicted molar refractivity (Wildman–Crippen MR) is 214 cm³/mol. The van der Waals surface area contributed by atoms with Gasteiger partial charge in [-0.3, -0.25) is 15.5 Å². The first-order valence-corrected chi connectivity index (χ1v) is 19.0. The van der Waals surface area contributed by atoms with Gasteiger partial charge in [0.2, 0.25) is 0 Å². The van der Waals surface area contributed by atoms with E-state index in [9.17, 15) is 4.39 Å². The lowest BCUT2D eigenvalue weighted by atomic mass is 9.37. The van der Waals surface area contributed by atoms with E-state index in [-0.39, 0.29) is 25.7 Å². The van der Waals surface area contributed by atoms with E-state index in [4.69, 9.17) is 4.89 Å². The molecule has 2 aliphatic heterocycles. The monoisotopic (exact) mass is 707 g/mol. The number of hydrogen-bond acceptors (Lipinski definition) is 6. The van der Waals surface area contributed by atoms with Crippen LogP contribution in [0.4, 0.5) is 4.39 Å². The average molecular weight is 707 g/mol. The molecule has 1 unspecified atom stereocenters. The van der Waals surface area contributed by atoms with Gasteiger partial charge in [-0.1, -0.05) is 105 Å². The summed E-state index contributed by atoms with van der Waals surface area (Å²) in [7, 11) is 3.72. The number of nitrogens with one attached hydrogen (secondary N) is 3. The summed E-state index contributed by atoms with van der Waals surface area (Å²) in [6.07, 6.45) is 10.4. The highest BCUT2D eigenvalue weighted by Gasteiger charge is 2.72. The molecule has 8 rings (SSSR count). The van der Waals surface area contributed by atoms with Crippen LogP contribution in [0.15, 0.2) is 48.5 Å². The zero-order chi connectivity index (χ0) is 35.8. The third-order valence-corrected chi connectivity index (χ3v) is 10.5. The van der Waals surface area contributed by atoms with Crippen LogP contribution < -0.4 is 16.0 Å². The van der Waals surface area contributed by atoms with Gasteiger partial charge in [0, 0.05) is 44.1 Å². The fourth-order valence-electron chi connectivity index (χ4n) is 7.56. The Labute approximate surface area is 308 Å². The zero-order valence-corrected chi connectivity index (χ0v) is 33.0. The SMILES string of the molecule is C.C1CC2(C1)CNC2.CC.CC.CC.CCc1ccc(CN(C)C23CC(C4NCC(C)(C)N4)(C2)C3)cc1F.COOCCc1ccccc1.O.[HH]. The van der Waals surface area contributed by atoms with Gasteiger partial charge >= 0.3 is 0 Å². The highest BCUT2D eigenvalue weighted by molar-refractivity contribution is 5.29. The average Bonchev–Trinajstić information content (AvgIpc) is 3.38. The Morgan fingerprint density at radius 1 is 0.900 bits per heavy atom. The molecule has 292 valence electrons. The van der Waals surface area contributed by atoms with Crippen molar-refractivity contribution in [2.24, 2.45) is 10.8 Å². The lowest BCUT2D eigenvalue weighted by Crippen LogP contribution is -2.79. The lowest BCUT2D eigenvalue weighted by Gasteiger charge is -2.75. The third-order valence-electron chi connectivity index (χ3n) is 10.5. The molecule has 2 bridgehead atoms. The molecule has 4 saturated carbocycles. The van der Waals surface area contributed by atoms with Crippen LogP contribution in [0, 0.1) is 16.6 Å². The van der Waals surface area contributed by atoms with Crippen LogP contribution in [-0.2, 0) is 29.2 Å². The number of rotatable bonds is 9. The summed E-state index contributed by atoms with van der Waals surface area (Å²) >= 11 is 0. The van der Waals surface area contributed by atoms with Gasteiger partial charge in [-0.05, 0) is 94.0 Å². The Morgan fingerprint density at radius 2 is 1.50 bits per heavy atom. The van der Waals surface area contributed by atoms with Crippen molar-refractivity contribution in [3.05, 3.63) is 71.0 Å². The molecule has 7 nitrogen and oxygen atoms in total. The van der Waals surface area contributed by atoms with Crippen molar-refractivity contribution in [1.82, 2.24) is 20.9 Å². The molecule has 6 aliphatic rings. The van der Waals surface area contributed by atoms with E-state index in [0.717, 1.165) is 42.5 Å². The van der Waals surface area contributed by atoms with Gasteiger partial charge in [-0.25, -0.2) is 14.2 Å². The third kappa shape index (κ3) is 12.4. The number of benzene rings is 2. The Morgan fingerprint density at radius 3 is 1.90 bits per heavy atom. The van der Waals surface area contributed by atoms with Gasteiger partial charge < -0.3 is 10.8 Å². The topological polar surface area (TPSA) is 89.3 Å². The van der Waals surface area contributed by atoms with E-state index in [1.165, 1.54) is 64.3 Å². The van der Waals surface area contributed by atoms with Gasteiger partial charge in [0.05, 0.1) is 19.9 Å². The Kier molecular flexibility index (Phi) is 22.0. The van der Waals surface area contributed by atoms with Crippen molar-refractivity contribution in [3.8, 4) is 0 Å². The summed E-state index contributed by atoms with van der Waals surface area (Å²) in [5.41, 5.74) is 4.99. The maximum absolute atomic E-state index is 14.0. The first kappa shape index (κ1) is 48.1. The molecule has 2 heterocycles. The van der Waals surface area contributed by atoms with Crippen molar-refractivity contribution in [3.63, 3.8) is 0 Å². The minimum Gasteiger partial charge on any atom is -0.412 e. The summed E-state index contributed by atoms with van der Waals surface area (Å²) in [5.74, 6) is -0.0564. The molecule has 8 heteroatoms. The number of halogens is 1. The molecule has 5 N–H and O–H groups in total. The minimum atomic E-state index is -0.0564. The smallest absolute Gasteiger partial charge is 0.126 e. The van der Waals surface area contributed by atoms with Crippen LogP contribution in [0.25, 0.3) is 0 Å². The second-order valence-electron chi connectivity index (χ2n) is 14.3. The van der Waals surface area contributed by atoms with E-state index in [1.54, 1.807) is 6.07 Å². The Balaban J connectivity index is 0. The van der Waals surface area contributed by atoms with Crippen LogP contribution in [0.2, 0.25) is 0 Å². The number of hydrogen-bond donors (Lipinski definition) is 3. The van der Waals surface area contributed by atoms with E-state index >= 15 is 0 Å². The molecule has 0 amide bonds. The molecule has 1 atom stereocenters. The molecular formula is C42H79FN4O3. The van der Waals surface area contributed by atoms with E-state index in [0.29, 0.717) is 23.7 Å². The molecule has 2 saturated heterocycles. The molecule has 0 aromatic heterocycles. The molecular weight excluding hydrogens is 627 g/mol. The summed E-state index contributed by atoms with van der Waals surface area (Å²) in [5, 5.41) is 10.7. The van der Waals surface area contributed by atoms with Gasteiger partial charge in [-0.2, -0.15) is 0 Å². The van der Waals surface area contributed by atoms with Crippen LogP contribution in [0.5, 0.6) is 0 Å². The van der Waals surface area contributed by atoms with Crippen molar-refractivity contribution in [2.45, 2.75) is 145 Å². The largest absolute Gasteiger partial charge is 0.412 e. The van der Waals surface area contributed by atoms with E-state index in [2.05, 4.69) is 64.8 Å². The van der Waals surface area contributed by atoms with E-state index < -0.39 is 0 Å². The van der Waals surface area contributed by atoms with Crippen molar-refractivity contribution in [2.75, 3.05) is 40.4 Å². The number of nitrogens with zero attached hydrogens (tertiary/aromatic N) is 1. The molecule has 4 aliphatic carbocycles. The number of aryl methyl sites for hydroxylation is 1. The van der Waals surface area contributed by atoms with Gasteiger partial charge in [0.25, 0.3) is 0 Å². The van der Waals surface area contributed by atoms with Crippen molar-refractivity contribution in [1.29, 1.82) is 0 Å². The highest BCUT2D eigenvalue weighted by Crippen LogP contribution is 2.71. The quantitative estimate of drug-likeness (QED) is 0.137. The second kappa shape index (κ2) is 22.9. The molecule has 2 aromatic carbocycles. The molecule has 6 fully saturated rings. The lowest BCUT2D eigenvalue weighted by molar-refractivity contribution is -0.271. The maximum atomic E-state index is 14.0. The first-order chi connectivity index (χ1) is 23.1. The summed E-state index contributed by atoms with van der Waals surface area (Å²) in [6.45, 7) is 23.7. The van der Waals surface area contributed by atoms with Crippen molar-refractivity contribution < 1.29 is 21.1 Å². The molecule has 2 aromatic rings. The molecule has 0 radical (unpaired) electrons. The maximum Gasteiger partial charge on any atom is 0.126 e. The summed E-state index contributed by atoms with van der Waals surface area (Å²) in [4.78, 5) is 11.7. The van der Waals surface area contributed by atoms with E-state index in [1.807, 2.05) is 72.7 Å².